The third-order valence-electron chi connectivity index (χ3n) is 4.95. The van der Waals surface area contributed by atoms with Crippen LogP contribution in [-0.4, -0.2) is 21.2 Å². The summed E-state index contributed by atoms with van der Waals surface area (Å²) in [6.45, 7) is 4.17. The Balaban J connectivity index is 1.45. The minimum atomic E-state index is -0.442. The number of nitro groups is 1. The van der Waals surface area contributed by atoms with Crippen molar-refractivity contribution in [3.63, 3.8) is 0 Å². The Bertz CT molecular complexity index is 1300. The van der Waals surface area contributed by atoms with Crippen molar-refractivity contribution >= 4 is 34.1 Å². The van der Waals surface area contributed by atoms with E-state index in [9.17, 15) is 14.9 Å². The number of H-pyrrole nitrogens is 1. The van der Waals surface area contributed by atoms with Crippen LogP contribution in [0.2, 0.25) is 0 Å². The van der Waals surface area contributed by atoms with Crippen molar-refractivity contribution in [2.45, 2.75) is 20.5 Å². The van der Waals surface area contributed by atoms with E-state index >= 15 is 0 Å². The number of nitrogens with one attached hydrogen (secondary N) is 3. The zero-order valence-electron chi connectivity index (χ0n) is 17.5. The monoisotopic (exact) mass is 431 g/mol. The molecule has 0 aliphatic carbocycles. The smallest absolute Gasteiger partial charge is 0.324 e. The summed E-state index contributed by atoms with van der Waals surface area (Å²) < 4.78 is 5.81. The van der Waals surface area contributed by atoms with Gasteiger partial charge >= 0.3 is 6.03 Å². The molecular formula is C23H21N5O4. The number of carbonyl (C=O) groups excluding carboxylic acids is 1. The van der Waals surface area contributed by atoms with Gasteiger partial charge in [-0.2, -0.15) is 5.10 Å². The Kier molecular flexibility index (Phi) is 5.71. The maximum Gasteiger partial charge on any atom is 0.324 e. The Labute approximate surface area is 183 Å². The first-order valence-corrected chi connectivity index (χ1v) is 9.88. The fourth-order valence-corrected chi connectivity index (χ4v) is 3.27. The number of aryl methyl sites for hydroxylation is 2. The van der Waals surface area contributed by atoms with Crippen LogP contribution in [0.4, 0.5) is 22.0 Å². The second kappa shape index (κ2) is 8.76. The highest BCUT2D eigenvalue weighted by molar-refractivity contribution is 6.05. The number of ether oxygens (including phenoxy) is 1. The van der Waals surface area contributed by atoms with Crippen molar-refractivity contribution in [3.8, 4) is 5.75 Å². The van der Waals surface area contributed by atoms with E-state index in [0.29, 0.717) is 17.0 Å². The summed E-state index contributed by atoms with van der Waals surface area (Å²) in [4.78, 5) is 22.8. The highest BCUT2D eigenvalue weighted by Crippen LogP contribution is 2.26. The molecule has 4 rings (SSSR count). The summed E-state index contributed by atoms with van der Waals surface area (Å²) in [5.74, 6) is 0.957. The third kappa shape index (κ3) is 4.67. The number of benzene rings is 3. The van der Waals surface area contributed by atoms with Gasteiger partial charge in [-0.15, -0.1) is 0 Å². The van der Waals surface area contributed by atoms with Gasteiger partial charge in [-0.25, -0.2) is 4.79 Å². The summed E-state index contributed by atoms with van der Waals surface area (Å²) in [5, 5.41) is 24.1. The fourth-order valence-electron chi connectivity index (χ4n) is 3.27. The van der Waals surface area contributed by atoms with Crippen molar-refractivity contribution in [1.82, 2.24) is 10.2 Å². The first-order chi connectivity index (χ1) is 15.4. The summed E-state index contributed by atoms with van der Waals surface area (Å²) in [6, 6.07) is 16.9. The Morgan fingerprint density at radius 3 is 2.56 bits per heavy atom. The first kappa shape index (κ1) is 20.9. The van der Waals surface area contributed by atoms with Gasteiger partial charge in [0.25, 0.3) is 5.69 Å². The molecule has 1 aromatic heterocycles. The first-order valence-electron chi connectivity index (χ1n) is 9.88. The number of anilines is 2. The molecule has 9 nitrogen and oxygen atoms in total. The van der Waals surface area contributed by atoms with E-state index in [1.54, 1.807) is 30.3 Å². The Morgan fingerprint density at radius 2 is 1.84 bits per heavy atom. The van der Waals surface area contributed by atoms with Gasteiger partial charge in [0.1, 0.15) is 12.4 Å². The van der Waals surface area contributed by atoms with Crippen LogP contribution in [0, 0.1) is 24.0 Å². The third-order valence-corrected chi connectivity index (χ3v) is 4.95. The molecule has 0 saturated heterocycles. The predicted molar refractivity (Wildman–Crippen MR) is 122 cm³/mol. The van der Waals surface area contributed by atoms with Crippen LogP contribution in [0.1, 0.15) is 16.7 Å². The molecule has 0 atom stereocenters. The molecule has 9 heteroatoms. The molecule has 0 saturated carbocycles. The highest BCUT2D eigenvalue weighted by atomic mass is 16.6. The van der Waals surface area contributed by atoms with E-state index in [-0.39, 0.29) is 12.3 Å². The number of non-ortho nitro benzene ring substituents is 1. The number of hydrogen-bond acceptors (Lipinski definition) is 5. The maximum absolute atomic E-state index is 12.5. The van der Waals surface area contributed by atoms with Crippen LogP contribution in [-0.2, 0) is 6.61 Å². The fraction of sp³-hybridized carbons (Fsp3) is 0.130. The number of aromatic amines is 1. The van der Waals surface area contributed by atoms with Gasteiger partial charge in [0.15, 0.2) is 5.82 Å². The molecule has 0 radical (unpaired) electrons. The van der Waals surface area contributed by atoms with Gasteiger partial charge < -0.3 is 10.1 Å². The van der Waals surface area contributed by atoms with E-state index < -0.39 is 11.0 Å². The van der Waals surface area contributed by atoms with E-state index in [0.717, 1.165) is 27.9 Å². The molecule has 0 unspecified atom stereocenters. The Morgan fingerprint density at radius 1 is 1.06 bits per heavy atom. The number of fused-ring (bicyclic) bond motifs is 1. The van der Waals surface area contributed by atoms with Gasteiger partial charge in [-0.3, -0.25) is 20.5 Å². The number of aromatic nitrogens is 2. The minimum Gasteiger partial charge on any atom is -0.489 e. The van der Waals surface area contributed by atoms with Crippen molar-refractivity contribution < 1.29 is 14.5 Å². The maximum atomic E-state index is 12.5. The lowest BCUT2D eigenvalue weighted by molar-refractivity contribution is -0.384. The quantitative estimate of drug-likeness (QED) is 0.282. The molecule has 1 heterocycles. The average Bonchev–Trinajstić information content (AvgIpc) is 3.16. The van der Waals surface area contributed by atoms with Crippen LogP contribution in [0.15, 0.2) is 60.7 Å². The molecule has 0 bridgehead atoms. The molecule has 4 aromatic rings. The summed E-state index contributed by atoms with van der Waals surface area (Å²) >= 11 is 0. The van der Waals surface area contributed by atoms with Crippen molar-refractivity contribution in [3.05, 3.63) is 87.5 Å². The standard InChI is InChI=1S/C23H21N5O4/c1-14-3-9-20(15(2)11-14)24-23(29)25-22-19-12-18(8-10-21(19)26-27-22)32-13-16-4-6-17(7-5-16)28(30)31/h3-12H,13H2,1-2H3,(H3,24,25,26,27,29). The topological polar surface area (TPSA) is 122 Å². The number of nitro benzene ring substituents is 1. The minimum absolute atomic E-state index is 0.0309. The molecule has 0 aliphatic rings. The second-order valence-corrected chi connectivity index (χ2v) is 7.39. The van der Waals surface area contributed by atoms with Crippen molar-refractivity contribution in [2.75, 3.05) is 10.6 Å². The van der Waals surface area contributed by atoms with Crippen LogP contribution in [0.25, 0.3) is 10.9 Å². The average molecular weight is 431 g/mol. The Hall–Kier alpha value is -4.40. The van der Waals surface area contributed by atoms with Gasteiger partial charge in [-0.1, -0.05) is 17.7 Å². The van der Waals surface area contributed by atoms with Crippen molar-refractivity contribution in [2.24, 2.45) is 0 Å². The molecule has 3 N–H and O–H groups in total. The molecular weight excluding hydrogens is 410 g/mol. The normalized spacial score (nSPS) is 10.7. The van der Waals surface area contributed by atoms with Crippen LogP contribution in [0.3, 0.4) is 0 Å². The lowest BCUT2D eigenvalue weighted by Gasteiger charge is -2.10. The summed E-state index contributed by atoms with van der Waals surface area (Å²) in [5.41, 5.74) is 4.38. The summed E-state index contributed by atoms with van der Waals surface area (Å²) in [7, 11) is 0. The number of amides is 2. The number of carbonyl (C=O) groups is 1. The lowest BCUT2D eigenvalue weighted by Crippen LogP contribution is -2.20. The van der Waals surface area contributed by atoms with Gasteiger partial charge in [0, 0.05) is 23.2 Å². The van der Waals surface area contributed by atoms with Crippen molar-refractivity contribution in [1.29, 1.82) is 0 Å². The van der Waals surface area contributed by atoms with E-state index in [2.05, 4.69) is 20.8 Å². The number of hydrogen-bond donors (Lipinski definition) is 3. The molecule has 3 aromatic carbocycles. The molecule has 162 valence electrons. The number of nitrogens with zero attached hydrogens (tertiary/aromatic N) is 2. The number of rotatable bonds is 6. The number of urea groups is 1. The predicted octanol–water partition coefficient (Wildman–Crippen LogP) is 5.31. The molecule has 2 amide bonds. The van der Waals surface area contributed by atoms with Gasteiger partial charge in [0.05, 0.1) is 10.4 Å². The second-order valence-electron chi connectivity index (χ2n) is 7.39. The van der Waals surface area contributed by atoms with Crippen LogP contribution < -0.4 is 15.4 Å². The lowest BCUT2D eigenvalue weighted by atomic mass is 10.1. The zero-order valence-corrected chi connectivity index (χ0v) is 17.5. The SMILES string of the molecule is Cc1ccc(NC(=O)Nc2n[nH]c3ccc(OCc4ccc([N+](=O)[O-])cc4)cc23)c(C)c1. The molecule has 32 heavy (non-hydrogen) atoms. The van der Waals surface area contributed by atoms with E-state index in [1.807, 2.05) is 32.0 Å². The van der Waals surface area contributed by atoms with Crippen LogP contribution >= 0.6 is 0 Å². The van der Waals surface area contributed by atoms with Crippen LogP contribution in [0.5, 0.6) is 5.75 Å². The zero-order chi connectivity index (χ0) is 22.7. The largest absolute Gasteiger partial charge is 0.489 e. The van der Waals surface area contributed by atoms with E-state index in [4.69, 9.17) is 4.74 Å². The van der Waals surface area contributed by atoms with Gasteiger partial charge in [-0.05, 0) is 61.4 Å². The summed E-state index contributed by atoms with van der Waals surface area (Å²) in [6.07, 6.45) is 0. The highest BCUT2D eigenvalue weighted by Gasteiger charge is 2.12. The van der Waals surface area contributed by atoms with Gasteiger partial charge in [0.2, 0.25) is 0 Å². The van der Waals surface area contributed by atoms with E-state index in [1.165, 1.54) is 12.1 Å². The molecule has 0 fully saturated rings. The molecule has 0 spiro atoms. The molecule has 0 aliphatic heterocycles.